The van der Waals surface area contributed by atoms with Crippen LogP contribution >= 0.6 is 11.3 Å². The predicted octanol–water partition coefficient (Wildman–Crippen LogP) is 4.12. The van der Waals surface area contributed by atoms with Crippen LogP contribution in [0.2, 0.25) is 0 Å². The number of anilines is 2. The average molecular weight is 439 g/mol. The van der Waals surface area contributed by atoms with Crippen molar-refractivity contribution in [3.63, 3.8) is 0 Å². The lowest BCUT2D eigenvalue weighted by molar-refractivity contribution is 0.0976. The van der Waals surface area contributed by atoms with Gasteiger partial charge in [-0.3, -0.25) is 14.6 Å². The van der Waals surface area contributed by atoms with Crippen LogP contribution in [0.4, 0.5) is 10.8 Å². The first kappa shape index (κ1) is 21.7. The number of ether oxygens (including phenoxy) is 1. The Morgan fingerprint density at radius 1 is 1.10 bits per heavy atom. The van der Waals surface area contributed by atoms with Crippen LogP contribution in [0.5, 0.6) is 0 Å². The van der Waals surface area contributed by atoms with Crippen molar-refractivity contribution in [2.24, 2.45) is 0 Å². The molecule has 0 aliphatic carbocycles. The summed E-state index contributed by atoms with van der Waals surface area (Å²) in [5.74, 6) is -0.0488. The zero-order valence-electron chi connectivity index (χ0n) is 18.5. The molecule has 0 unspecified atom stereocenters. The van der Waals surface area contributed by atoms with E-state index in [1.165, 1.54) is 17.0 Å². The Morgan fingerprint density at radius 2 is 1.81 bits per heavy atom. The number of carbonyl (C=O) groups excluding carboxylic acids is 1. The summed E-state index contributed by atoms with van der Waals surface area (Å²) in [7, 11) is 1.65. The van der Waals surface area contributed by atoms with E-state index in [-0.39, 0.29) is 5.91 Å². The van der Waals surface area contributed by atoms with Crippen molar-refractivity contribution >= 4 is 38.3 Å². The fourth-order valence-electron chi connectivity index (χ4n) is 3.91. The van der Waals surface area contributed by atoms with Gasteiger partial charge in [0, 0.05) is 50.6 Å². The van der Waals surface area contributed by atoms with Gasteiger partial charge in [-0.15, -0.1) is 0 Å². The Bertz CT molecular complexity index is 977. The molecule has 1 aromatic heterocycles. The largest absolute Gasteiger partial charge is 0.383 e. The van der Waals surface area contributed by atoms with Crippen molar-refractivity contribution in [2.75, 3.05) is 56.2 Å². The third-order valence-electron chi connectivity index (χ3n) is 5.80. The third kappa shape index (κ3) is 4.89. The summed E-state index contributed by atoms with van der Waals surface area (Å²) >= 11 is 1.53. The number of nitrogens with zero attached hydrogens (tertiary/aromatic N) is 4. The van der Waals surface area contributed by atoms with Gasteiger partial charge in [0.15, 0.2) is 5.13 Å². The van der Waals surface area contributed by atoms with E-state index in [2.05, 4.69) is 40.8 Å². The number of carbonyl (C=O) groups is 1. The van der Waals surface area contributed by atoms with E-state index in [4.69, 9.17) is 4.74 Å². The Labute approximate surface area is 188 Å². The molecule has 164 valence electrons. The number of methoxy groups -OCH3 is 1. The summed E-state index contributed by atoms with van der Waals surface area (Å²) in [5.41, 5.74) is 2.75. The molecule has 2 aromatic carbocycles. The molecule has 4 rings (SSSR count). The Kier molecular flexibility index (Phi) is 6.85. The molecule has 7 heteroatoms. The maximum atomic E-state index is 13.4. The monoisotopic (exact) mass is 438 g/mol. The molecule has 1 saturated heterocycles. The Balaban J connectivity index is 1.50. The third-order valence-corrected chi connectivity index (χ3v) is 6.86. The van der Waals surface area contributed by atoms with Crippen LogP contribution in [-0.4, -0.2) is 68.3 Å². The molecule has 31 heavy (non-hydrogen) atoms. The van der Waals surface area contributed by atoms with E-state index < -0.39 is 0 Å². The Hall–Kier alpha value is -2.48. The lowest BCUT2D eigenvalue weighted by atomic mass is 10.1. The molecule has 0 radical (unpaired) electrons. The zero-order valence-corrected chi connectivity index (χ0v) is 19.3. The van der Waals surface area contributed by atoms with Crippen LogP contribution in [0, 0.1) is 0 Å². The summed E-state index contributed by atoms with van der Waals surface area (Å²) in [6, 6.07) is 16.5. The predicted molar refractivity (Wildman–Crippen MR) is 129 cm³/mol. The van der Waals surface area contributed by atoms with E-state index in [0.717, 1.165) is 36.4 Å². The standard InChI is InChI=1S/C24H30N4O2S/c1-18(2)26-12-14-27(15-13-26)20-10-8-19(9-11-20)23(29)28(16-17-30-3)24-25-21-6-4-5-7-22(21)31-24/h4-11,18H,12-17H2,1-3H3. The van der Waals surface area contributed by atoms with Gasteiger partial charge in [0.05, 0.1) is 23.4 Å². The molecule has 0 bridgehead atoms. The smallest absolute Gasteiger partial charge is 0.260 e. The van der Waals surface area contributed by atoms with E-state index in [1.54, 1.807) is 12.0 Å². The molecule has 0 N–H and O–H groups in total. The SMILES string of the molecule is COCCN(C(=O)c1ccc(N2CCN(C(C)C)CC2)cc1)c1nc2ccccc2s1. The molecule has 0 saturated carbocycles. The molecule has 3 aromatic rings. The summed E-state index contributed by atoms with van der Waals surface area (Å²) in [6.07, 6.45) is 0. The van der Waals surface area contributed by atoms with Crippen molar-refractivity contribution in [1.82, 2.24) is 9.88 Å². The molecule has 6 nitrogen and oxygen atoms in total. The summed E-state index contributed by atoms with van der Waals surface area (Å²) < 4.78 is 6.32. The number of thiazole rings is 1. The van der Waals surface area contributed by atoms with Gasteiger partial charge in [0.2, 0.25) is 0 Å². The van der Waals surface area contributed by atoms with Crippen molar-refractivity contribution in [3.05, 3.63) is 54.1 Å². The maximum Gasteiger partial charge on any atom is 0.260 e. The van der Waals surface area contributed by atoms with Gasteiger partial charge in [0.25, 0.3) is 5.91 Å². The molecule has 1 amide bonds. The lowest BCUT2D eigenvalue weighted by Crippen LogP contribution is -2.48. The maximum absolute atomic E-state index is 13.4. The van der Waals surface area contributed by atoms with Crippen LogP contribution in [-0.2, 0) is 4.74 Å². The van der Waals surface area contributed by atoms with Crippen molar-refractivity contribution in [3.8, 4) is 0 Å². The van der Waals surface area contributed by atoms with Gasteiger partial charge in [-0.1, -0.05) is 23.5 Å². The first-order chi connectivity index (χ1) is 15.1. The van der Waals surface area contributed by atoms with Gasteiger partial charge < -0.3 is 9.64 Å². The zero-order chi connectivity index (χ0) is 21.8. The fraction of sp³-hybridized carbons (Fsp3) is 0.417. The average Bonchev–Trinajstić information content (AvgIpc) is 3.23. The van der Waals surface area contributed by atoms with E-state index in [9.17, 15) is 4.79 Å². The topological polar surface area (TPSA) is 48.9 Å². The molecule has 1 aliphatic heterocycles. The number of aromatic nitrogens is 1. The van der Waals surface area contributed by atoms with Crippen LogP contribution < -0.4 is 9.80 Å². The molecule has 2 heterocycles. The first-order valence-electron chi connectivity index (χ1n) is 10.8. The minimum Gasteiger partial charge on any atom is -0.383 e. The fourth-order valence-corrected chi connectivity index (χ4v) is 4.90. The summed E-state index contributed by atoms with van der Waals surface area (Å²) in [6.45, 7) is 9.58. The highest BCUT2D eigenvalue weighted by Crippen LogP contribution is 2.30. The van der Waals surface area contributed by atoms with Crippen molar-refractivity contribution < 1.29 is 9.53 Å². The second-order valence-electron chi connectivity index (χ2n) is 8.08. The van der Waals surface area contributed by atoms with Crippen LogP contribution in [0.25, 0.3) is 10.2 Å². The van der Waals surface area contributed by atoms with Crippen molar-refractivity contribution in [2.45, 2.75) is 19.9 Å². The number of benzene rings is 2. The van der Waals surface area contributed by atoms with Crippen molar-refractivity contribution in [1.29, 1.82) is 0 Å². The number of amides is 1. The minimum absolute atomic E-state index is 0.0488. The summed E-state index contributed by atoms with van der Waals surface area (Å²) in [4.78, 5) is 24.6. The van der Waals surface area contributed by atoms with Gasteiger partial charge in [-0.2, -0.15) is 0 Å². The number of rotatable bonds is 7. The van der Waals surface area contributed by atoms with E-state index in [1.807, 2.05) is 36.4 Å². The molecule has 1 fully saturated rings. The van der Waals surface area contributed by atoms with Crippen LogP contribution in [0.1, 0.15) is 24.2 Å². The second kappa shape index (κ2) is 9.77. The number of hydrogen-bond donors (Lipinski definition) is 0. The molecule has 0 atom stereocenters. The first-order valence-corrected chi connectivity index (χ1v) is 11.6. The van der Waals surface area contributed by atoms with E-state index in [0.29, 0.717) is 29.9 Å². The highest BCUT2D eigenvalue weighted by molar-refractivity contribution is 7.22. The quantitative estimate of drug-likeness (QED) is 0.555. The number of hydrogen-bond acceptors (Lipinski definition) is 6. The normalized spacial score (nSPS) is 15.0. The molecular formula is C24H30N4O2S. The van der Waals surface area contributed by atoms with Gasteiger partial charge >= 0.3 is 0 Å². The van der Waals surface area contributed by atoms with E-state index >= 15 is 0 Å². The highest BCUT2D eigenvalue weighted by atomic mass is 32.1. The van der Waals surface area contributed by atoms with Gasteiger partial charge in [0.1, 0.15) is 0 Å². The van der Waals surface area contributed by atoms with Gasteiger partial charge in [-0.25, -0.2) is 4.98 Å². The lowest BCUT2D eigenvalue weighted by Gasteiger charge is -2.38. The second-order valence-corrected chi connectivity index (χ2v) is 9.09. The summed E-state index contributed by atoms with van der Waals surface area (Å²) in [5, 5.41) is 0.706. The Morgan fingerprint density at radius 3 is 2.45 bits per heavy atom. The number of piperazine rings is 1. The molecular weight excluding hydrogens is 408 g/mol. The highest BCUT2D eigenvalue weighted by Gasteiger charge is 2.22. The van der Waals surface area contributed by atoms with Crippen LogP contribution in [0.3, 0.4) is 0 Å². The van der Waals surface area contributed by atoms with Crippen LogP contribution in [0.15, 0.2) is 48.5 Å². The number of para-hydroxylation sites is 1. The molecule has 1 aliphatic rings. The number of fused-ring (bicyclic) bond motifs is 1. The molecule has 0 spiro atoms. The minimum atomic E-state index is -0.0488. The van der Waals surface area contributed by atoms with Gasteiger partial charge in [-0.05, 0) is 50.2 Å².